The van der Waals surface area contributed by atoms with Crippen LogP contribution < -0.4 is 17.0 Å². The number of primary amides is 1. The van der Waals surface area contributed by atoms with Crippen molar-refractivity contribution < 1.29 is 4.79 Å². The summed E-state index contributed by atoms with van der Waals surface area (Å²) in [6, 6.07) is 7.22. The second-order valence-electron chi connectivity index (χ2n) is 2.67. The quantitative estimate of drug-likeness (QED) is 0.353. The van der Waals surface area contributed by atoms with E-state index >= 15 is 0 Å². The molecule has 0 aliphatic carbocycles. The van der Waals surface area contributed by atoms with Crippen LogP contribution in [0.15, 0.2) is 24.3 Å². The number of hydrazine groups is 1. The topological polar surface area (TPSA) is 81.1 Å². The average molecular weight is 189 g/mol. The Balaban J connectivity index is 2.66. The highest BCUT2D eigenvalue weighted by molar-refractivity contribution is 5.76. The van der Waals surface area contributed by atoms with Crippen LogP contribution in [0.5, 0.6) is 0 Å². The summed E-state index contributed by atoms with van der Waals surface area (Å²) in [4.78, 5) is 10.4. The molecule has 0 heterocycles. The molecule has 0 unspecified atom stereocenters. The first-order chi connectivity index (χ1) is 6.72. The van der Waals surface area contributed by atoms with E-state index in [1.807, 2.05) is 12.1 Å². The van der Waals surface area contributed by atoms with Crippen LogP contribution >= 0.6 is 0 Å². The summed E-state index contributed by atoms with van der Waals surface area (Å²) in [6.07, 6.45) is 0.0802. The Morgan fingerprint density at radius 2 is 2.00 bits per heavy atom. The molecule has 5 N–H and O–H groups in total. The van der Waals surface area contributed by atoms with Gasteiger partial charge in [0.2, 0.25) is 5.91 Å². The van der Waals surface area contributed by atoms with Crippen LogP contribution in [-0.4, -0.2) is 5.91 Å². The molecule has 4 heteroatoms. The lowest BCUT2D eigenvalue weighted by Gasteiger charge is -1.97. The van der Waals surface area contributed by atoms with Crippen LogP contribution in [-0.2, 0) is 4.79 Å². The molecule has 0 radical (unpaired) electrons. The van der Waals surface area contributed by atoms with Gasteiger partial charge >= 0.3 is 0 Å². The Labute approximate surface area is 82.3 Å². The molecule has 0 fully saturated rings. The summed E-state index contributed by atoms with van der Waals surface area (Å²) < 4.78 is 0. The van der Waals surface area contributed by atoms with Gasteiger partial charge in [0.25, 0.3) is 0 Å². The van der Waals surface area contributed by atoms with Gasteiger partial charge in [-0.2, -0.15) is 0 Å². The summed E-state index contributed by atoms with van der Waals surface area (Å²) in [5.41, 5.74) is 9.08. The highest BCUT2D eigenvalue weighted by Crippen LogP contribution is 2.06. The first-order valence-corrected chi connectivity index (χ1v) is 4.06. The van der Waals surface area contributed by atoms with E-state index in [1.54, 1.807) is 12.1 Å². The van der Waals surface area contributed by atoms with Crippen LogP contribution in [0.2, 0.25) is 0 Å². The van der Waals surface area contributed by atoms with Crippen LogP contribution in [0.1, 0.15) is 12.0 Å². The van der Waals surface area contributed by atoms with E-state index in [0.29, 0.717) is 0 Å². The third-order valence-electron chi connectivity index (χ3n) is 1.55. The van der Waals surface area contributed by atoms with Crippen molar-refractivity contribution in [1.82, 2.24) is 0 Å². The normalized spacial score (nSPS) is 8.64. The smallest absolute Gasteiger partial charge is 0.229 e. The summed E-state index contributed by atoms with van der Waals surface area (Å²) in [5.74, 6) is 10.2. The van der Waals surface area contributed by atoms with Gasteiger partial charge in [0.1, 0.15) is 0 Å². The molecule has 14 heavy (non-hydrogen) atoms. The zero-order valence-electron chi connectivity index (χ0n) is 7.58. The van der Waals surface area contributed by atoms with Crippen molar-refractivity contribution in [2.24, 2.45) is 11.6 Å². The van der Waals surface area contributed by atoms with Gasteiger partial charge in [0.05, 0.1) is 6.42 Å². The van der Waals surface area contributed by atoms with Crippen LogP contribution in [0.4, 0.5) is 5.69 Å². The van der Waals surface area contributed by atoms with Gasteiger partial charge in [0, 0.05) is 11.3 Å². The number of carbonyl (C=O) groups excluding carboxylic acids is 1. The highest BCUT2D eigenvalue weighted by Gasteiger charge is 1.89. The maximum atomic E-state index is 10.4. The molecule has 1 rings (SSSR count). The largest absolute Gasteiger partial charge is 0.369 e. The van der Waals surface area contributed by atoms with E-state index in [9.17, 15) is 4.79 Å². The Kier molecular flexibility index (Phi) is 3.53. The van der Waals surface area contributed by atoms with Crippen molar-refractivity contribution in [1.29, 1.82) is 0 Å². The molecular weight excluding hydrogens is 178 g/mol. The van der Waals surface area contributed by atoms with E-state index in [4.69, 9.17) is 11.6 Å². The van der Waals surface area contributed by atoms with Crippen molar-refractivity contribution in [3.05, 3.63) is 29.8 Å². The first-order valence-electron chi connectivity index (χ1n) is 4.06. The number of anilines is 1. The van der Waals surface area contributed by atoms with Gasteiger partial charge in [-0.3, -0.25) is 10.6 Å². The minimum absolute atomic E-state index is 0.0802. The molecule has 0 aliphatic heterocycles. The minimum Gasteiger partial charge on any atom is -0.369 e. The molecule has 0 spiro atoms. The lowest BCUT2D eigenvalue weighted by molar-refractivity contribution is -0.117. The second-order valence-corrected chi connectivity index (χ2v) is 2.67. The first kappa shape index (κ1) is 10.1. The van der Waals surface area contributed by atoms with Crippen molar-refractivity contribution in [2.45, 2.75) is 6.42 Å². The summed E-state index contributed by atoms with van der Waals surface area (Å²) in [7, 11) is 0. The number of hydrogen-bond acceptors (Lipinski definition) is 3. The zero-order chi connectivity index (χ0) is 10.4. The fraction of sp³-hybridized carbons (Fsp3) is 0.100. The van der Waals surface area contributed by atoms with Gasteiger partial charge in [-0.1, -0.05) is 11.8 Å². The zero-order valence-corrected chi connectivity index (χ0v) is 7.58. The Bertz CT molecular complexity index is 373. The molecule has 0 saturated heterocycles. The molecule has 0 bridgehead atoms. The van der Waals surface area contributed by atoms with Crippen molar-refractivity contribution in [2.75, 3.05) is 5.43 Å². The summed E-state index contributed by atoms with van der Waals surface area (Å²) in [5, 5.41) is 0. The Morgan fingerprint density at radius 1 is 1.36 bits per heavy atom. The van der Waals surface area contributed by atoms with Gasteiger partial charge in [-0.15, -0.1) is 0 Å². The molecule has 1 amide bonds. The van der Waals surface area contributed by atoms with Gasteiger partial charge in [0.15, 0.2) is 0 Å². The fourth-order valence-corrected chi connectivity index (χ4v) is 0.883. The van der Waals surface area contributed by atoms with E-state index in [2.05, 4.69) is 17.3 Å². The van der Waals surface area contributed by atoms with E-state index in [1.165, 1.54) is 0 Å². The number of amides is 1. The molecule has 4 nitrogen and oxygen atoms in total. The molecule has 0 aliphatic rings. The van der Waals surface area contributed by atoms with E-state index in [0.717, 1.165) is 11.3 Å². The van der Waals surface area contributed by atoms with Crippen molar-refractivity contribution in [3.63, 3.8) is 0 Å². The fourth-order valence-electron chi connectivity index (χ4n) is 0.883. The molecule has 1 aromatic rings. The predicted octanol–water partition coefficient (Wildman–Crippen LogP) is 0.199. The van der Waals surface area contributed by atoms with Crippen LogP contribution in [0.3, 0.4) is 0 Å². The SMILES string of the molecule is NNc1ccc(C#CCC(N)=O)cc1. The number of hydrogen-bond donors (Lipinski definition) is 3. The van der Waals surface area contributed by atoms with Crippen molar-refractivity contribution in [3.8, 4) is 11.8 Å². The van der Waals surface area contributed by atoms with Crippen LogP contribution in [0, 0.1) is 11.8 Å². The molecule has 1 aromatic carbocycles. The molecule has 0 aromatic heterocycles. The number of carbonyl (C=O) groups is 1. The van der Waals surface area contributed by atoms with Crippen LogP contribution in [0.25, 0.3) is 0 Å². The third-order valence-corrected chi connectivity index (χ3v) is 1.55. The standard InChI is InChI=1S/C10H11N3O/c11-10(14)3-1-2-8-4-6-9(13-12)7-5-8/h4-7,13H,3,12H2,(H2,11,14). The molecule has 0 atom stereocenters. The molecule has 72 valence electrons. The number of benzene rings is 1. The number of nitrogen functional groups attached to an aromatic ring is 1. The minimum atomic E-state index is -0.419. The third kappa shape index (κ3) is 3.17. The lowest BCUT2D eigenvalue weighted by atomic mass is 10.2. The maximum absolute atomic E-state index is 10.4. The average Bonchev–Trinajstić information content (AvgIpc) is 2.18. The molecule has 0 saturated carbocycles. The lowest BCUT2D eigenvalue weighted by Crippen LogP contribution is -2.08. The predicted molar refractivity (Wildman–Crippen MR) is 54.9 cm³/mol. The number of rotatable bonds is 2. The van der Waals surface area contributed by atoms with E-state index < -0.39 is 5.91 Å². The van der Waals surface area contributed by atoms with E-state index in [-0.39, 0.29) is 6.42 Å². The highest BCUT2D eigenvalue weighted by atomic mass is 16.1. The number of nitrogens with two attached hydrogens (primary N) is 2. The van der Waals surface area contributed by atoms with Gasteiger partial charge in [-0.05, 0) is 24.3 Å². The Morgan fingerprint density at radius 3 is 2.50 bits per heavy atom. The van der Waals surface area contributed by atoms with Crippen molar-refractivity contribution >= 4 is 11.6 Å². The summed E-state index contributed by atoms with van der Waals surface area (Å²) >= 11 is 0. The monoisotopic (exact) mass is 189 g/mol. The summed E-state index contributed by atoms with van der Waals surface area (Å²) in [6.45, 7) is 0. The number of nitrogens with one attached hydrogen (secondary N) is 1. The second kappa shape index (κ2) is 4.90. The molecular formula is C10H11N3O. The maximum Gasteiger partial charge on any atom is 0.229 e. The van der Waals surface area contributed by atoms with Gasteiger partial charge < -0.3 is 11.2 Å². The Hall–Kier alpha value is -1.99. The van der Waals surface area contributed by atoms with Gasteiger partial charge in [-0.25, -0.2) is 0 Å².